The van der Waals surface area contributed by atoms with Gasteiger partial charge in [0, 0.05) is 18.6 Å². The van der Waals surface area contributed by atoms with E-state index in [1.165, 1.54) is 0 Å². The predicted molar refractivity (Wildman–Crippen MR) is 36.7 cm³/mol. The summed E-state index contributed by atoms with van der Waals surface area (Å²) in [6, 6.07) is 0. The van der Waals surface area contributed by atoms with E-state index >= 15 is 0 Å². The first-order valence-corrected chi connectivity index (χ1v) is 2.68. The van der Waals surface area contributed by atoms with Crippen molar-refractivity contribution in [2.24, 2.45) is 0 Å². The number of rotatable bonds is 0. The molecule has 0 saturated carbocycles. The zero-order chi connectivity index (χ0) is 4.50. The van der Waals surface area contributed by atoms with Gasteiger partial charge in [-0.2, -0.15) is 0 Å². The van der Waals surface area contributed by atoms with Gasteiger partial charge in [-0.1, -0.05) is 0 Å². The van der Waals surface area contributed by atoms with Gasteiger partial charge >= 0.3 is 57.9 Å². The van der Waals surface area contributed by atoms with E-state index < -0.39 is 9.05 Å². The molecule has 0 heterocycles. The maximum Gasteiger partial charge on any atom is 0 e. The smallest absolute Gasteiger partial charge is 0 e. The van der Waals surface area contributed by atoms with Crippen molar-refractivity contribution in [1.82, 2.24) is 0 Å². The van der Waals surface area contributed by atoms with Crippen LogP contribution in [0.25, 0.3) is 0 Å². The van der Waals surface area contributed by atoms with E-state index in [-0.39, 0.29) is 90.3 Å². The minimum atomic E-state index is -4.61. The Kier molecular flexibility index (Phi) is 44.1. The monoisotopic (exact) mass is 335 g/mol. The summed E-state index contributed by atoms with van der Waals surface area (Å²) < 4.78 is 0. The van der Waals surface area contributed by atoms with E-state index in [1.807, 2.05) is 0 Å². The van der Waals surface area contributed by atoms with Crippen molar-refractivity contribution in [2.75, 3.05) is 0 Å². The van der Waals surface area contributed by atoms with Gasteiger partial charge in [-0.3, -0.25) is 0 Å². The van der Waals surface area contributed by atoms with E-state index in [9.17, 15) is 0 Å². The minimum absolute atomic E-state index is 0. The molecule has 6 N–H and O–H groups in total. The Morgan fingerprint density at radius 3 is 0.889 bits per heavy atom. The molecule has 0 aliphatic rings. The van der Waals surface area contributed by atoms with Gasteiger partial charge in [0.2, 0.25) is 0 Å². The Labute approximate surface area is 116 Å². The van der Waals surface area contributed by atoms with Gasteiger partial charge < -0.3 is 24.7 Å². The quantitative estimate of drug-likeness (QED) is 0.331. The zero-order valence-electron chi connectivity index (χ0n) is 3.24. The molecule has 0 aromatic heterocycles. The summed E-state index contributed by atoms with van der Waals surface area (Å²) in [4.78, 5) is 29.3. The van der Waals surface area contributed by atoms with Crippen molar-refractivity contribution in [3.05, 3.63) is 0 Å². The van der Waals surface area contributed by atoms with Gasteiger partial charge in [0.1, 0.15) is 0 Å². The molecule has 9 heteroatoms. The fourth-order valence-electron chi connectivity index (χ4n) is 0. The summed E-state index contributed by atoms with van der Waals surface area (Å²) in [6.07, 6.45) is 0. The summed E-state index contributed by atoms with van der Waals surface area (Å²) in [7, 11) is -4.61. The van der Waals surface area contributed by atoms with Crippen LogP contribution in [-0.4, -0.2) is 99.9 Å². The molecule has 0 bridgehead atoms. The van der Waals surface area contributed by atoms with Gasteiger partial charge in [0.05, 0.1) is 0 Å². The average molecular weight is 334 g/mol. The maximum atomic E-state index is 7.33. The van der Waals surface area contributed by atoms with E-state index in [4.69, 9.17) is 19.2 Å². The van der Waals surface area contributed by atoms with Gasteiger partial charge in [-0.05, 0) is 0 Å². The van der Waals surface area contributed by atoms with Crippen LogP contribution in [-0.2, 0) is 18.6 Å². The fourth-order valence-corrected chi connectivity index (χ4v) is 0. The Bertz CT molecular complexity index is 32.4. The topological polar surface area (TPSA) is 112 Å². The zero-order valence-corrected chi connectivity index (χ0v) is 5.63. The van der Waals surface area contributed by atoms with Crippen LogP contribution < -0.4 is 0 Å². The van der Waals surface area contributed by atoms with Crippen molar-refractivity contribution in [2.45, 2.75) is 0 Å². The van der Waals surface area contributed by atoms with Crippen molar-refractivity contribution < 1.29 is 43.2 Å². The molecule has 0 fully saturated rings. The summed E-state index contributed by atoms with van der Waals surface area (Å²) in [6.45, 7) is 0. The second-order valence-corrected chi connectivity index (χ2v) is 1.80. The minimum Gasteiger partial charge on any atom is 0 e. The Morgan fingerprint density at radius 2 is 0.889 bits per heavy atom. The van der Waals surface area contributed by atoms with Crippen molar-refractivity contribution in [3.63, 3.8) is 0 Å². The average Bonchev–Trinajstić information content (AvgIpc) is 0.722. The van der Waals surface area contributed by atoms with E-state index in [1.54, 1.807) is 0 Å². The molecule has 0 spiro atoms. The predicted octanol–water partition coefficient (Wildman–Crippen LogP) is -5.54. The third kappa shape index (κ3) is 111. The van der Waals surface area contributed by atoms with Crippen LogP contribution in [0.2, 0.25) is 0 Å². The first-order valence-electron chi connectivity index (χ1n) is 0.894. The Hall–Kier alpha value is 2.71. The molecule has 5 nitrogen and oxygen atoms in total. The third-order valence-electron chi connectivity index (χ3n) is 0. The molecule has 0 atom stereocenters. The first-order chi connectivity index (χ1) is 2.00. The first kappa shape index (κ1) is 29.8. The second-order valence-electron chi connectivity index (χ2n) is 0.600. The van der Waals surface area contributed by atoms with Crippen LogP contribution in [0.1, 0.15) is 0 Å². The van der Waals surface area contributed by atoms with Gasteiger partial charge in [-0.15, -0.1) is 0 Å². The molecule has 55 valence electrons. The summed E-state index contributed by atoms with van der Waals surface area (Å²) in [5.74, 6) is 0. The van der Waals surface area contributed by atoms with Crippen LogP contribution in [0.3, 0.4) is 0 Å². The molecule has 9 heavy (non-hydrogen) atoms. The van der Waals surface area contributed by atoms with Crippen LogP contribution in [0.15, 0.2) is 0 Å². The second kappa shape index (κ2) is 13.3. The van der Waals surface area contributed by atoms with Crippen molar-refractivity contribution in [1.29, 1.82) is 0 Å². The normalized spacial score (nSPS) is 6.67. The summed E-state index contributed by atoms with van der Waals surface area (Å²) in [5.41, 5.74) is 0. The molecular formula is H11AlBaO5SiV. The summed E-state index contributed by atoms with van der Waals surface area (Å²) >= 11 is 0. The van der Waals surface area contributed by atoms with Gasteiger partial charge in [-0.25, -0.2) is 0 Å². The van der Waals surface area contributed by atoms with Crippen molar-refractivity contribution in [3.8, 4) is 0 Å². The van der Waals surface area contributed by atoms with E-state index in [0.717, 1.165) is 0 Å². The van der Waals surface area contributed by atoms with Crippen LogP contribution in [0, 0.1) is 0 Å². The van der Waals surface area contributed by atoms with Crippen molar-refractivity contribution >= 4 is 75.3 Å². The fraction of sp³-hybridized carbons (Fsp3) is 0. The molecular weight excluding hydrogens is 323 g/mol. The van der Waals surface area contributed by atoms with Gasteiger partial charge in [0.25, 0.3) is 0 Å². The molecule has 0 amide bonds. The molecule has 0 aromatic carbocycles. The number of hydrogen-bond acceptors (Lipinski definition) is 4. The Balaban J connectivity index is -0.0000000133. The number of hydrogen-bond donors (Lipinski definition) is 4. The van der Waals surface area contributed by atoms with E-state index in [2.05, 4.69) is 0 Å². The molecule has 1 radical (unpaired) electrons. The van der Waals surface area contributed by atoms with Crippen LogP contribution >= 0.6 is 0 Å². The molecule has 0 saturated heterocycles. The Morgan fingerprint density at radius 1 is 0.889 bits per heavy atom. The van der Waals surface area contributed by atoms with Crippen LogP contribution in [0.5, 0.6) is 0 Å². The van der Waals surface area contributed by atoms with Crippen LogP contribution in [0.4, 0.5) is 0 Å². The van der Waals surface area contributed by atoms with Gasteiger partial charge in [0.15, 0.2) is 17.4 Å². The standard InChI is InChI=1S/Al.Ba.H4O4Si.H2O.V.5H/c;;1-5(2,3)4;;;;;;;/h;;1-4H;1H2;;;;;;. The maximum absolute atomic E-state index is 7.33. The van der Waals surface area contributed by atoms with E-state index in [0.29, 0.717) is 0 Å². The SMILES string of the molecule is O.O[Si](O)(O)O.[AlH3].[BaH2].[V]. The largest absolute Gasteiger partial charge is 0 e. The molecule has 0 aromatic rings. The summed E-state index contributed by atoms with van der Waals surface area (Å²) in [5, 5.41) is 0. The molecule has 0 unspecified atom stereocenters. The molecule has 0 aliphatic carbocycles. The molecule has 0 aliphatic heterocycles. The molecule has 0 rings (SSSR count). The third-order valence-corrected chi connectivity index (χ3v) is 0.